The molecule has 1 saturated heterocycles. The van der Waals surface area contributed by atoms with E-state index in [0.29, 0.717) is 43.9 Å². The van der Waals surface area contributed by atoms with Gasteiger partial charge in [-0.15, -0.1) is 12.4 Å². The molecule has 2 N–H and O–H groups in total. The molecule has 9 heteroatoms. The third-order valence-electron chi connectivity index (χ3n) is 3.59. The van der Waals surface area contributed by atoms with E-state index in [1.54, 1.807) is 31.4 Å². The maximum absolute atomic E-state index is 12.0. The number of methoxy groups -OCH3 is 1. The van der Waals surface area contributed by atoms with Crippen molar-refractivity contribution in [3.63, 3.8) is 0 Å². The minimum Gasteiger partial charge on any atom is -0.383 e. The van der Waals surface area contributed by atoms with Crippen molar-refractivity contribution >= 4 is 34.0 Å². The van der Waals surface area contributed by atoms with E-state index in [9.17, 15) is 13.2 Å². The van der Waals surface area contributed by atoms with Crippen LogP contribution in [0.5, 0.6) is 0 Å². The summed E-state index contributed by atoms with van der Waals surface area (Å²) in [7, 11) is -1.54. The highest BCUT2D eigenvalue weighted by Crippen LogP contribution is 2.24. The Balaban J connectivity index is 0.00000288. The lowest BCUT2D eigenvalue weighted by Gasteiger charge is -2.17. The van der Waals surface area contributed by atoms with Crippen molar-refractivity contribution in [2.45, 2.75) is 6.42 Å². The van der Waals surface area contributed by atoms with Crippen molar-refractivity contribution in [2.75, 3.05) is 50.0 Å². The van der Waals surface area contributed by atoms with E-state index in [-0.39, 0.29) is 24.1 Å². The van der Waals surface area contributed by atoms with Crippen molar-refractivity contribution in [1.29, 1.82) is 0 Å². The molecule has 0 bridgehead atoms. The quantitative estimate of drug-likeness (QED) is 0.648. The molecular formula is C15H24ClN3O4S. The van der Waals surface area contributed by atoms with E-state index < -0.39 is 10.0 Å². The molecule has 1 aromatic rings. The van der Waals surface area contributed by atoms with Crippen LogP contribution in [0.4, 0.5) is 5.69 Å². The van der Waals surface area contributed by atoms with Crippen LogP contribution in [0, 0.1) is 0 Å². The summed E-state index contributed by atoms with van der Waals surface area (Å²) in [6.07, 6.45) is 0.640. The molecule has 0 aliphatic carbocycles. The number of hydrogen-bond acceptors (Lipinski definition) is 5. The lowest BCUT2D eigenvalue weighted by atomic mass is 10.2. The second-order valence-electron chi connectivity index (χ2n) is 5.29. The molecule has 1 heterocycles. The van der Waals surface area contributed by atoms with Crippen LogP contribution >= 0.6 is 12.4 Å². The first-order valence-corrected chi connectivity index (χ1v) is 9.24. The molecule has 7 nitrogen and oxygen atoms in total. The number of rotatable bonds is 8. The molecule has 1 aliphatic rings. The van der Waals surface area contributed by atoms with Crippen LogP contribution in [0.15, 0.2) is 24.3 Å². The summed E-state index contributed by atoms with van der Waals surface area (Å²) in [5.41, 5.74) is 1.13. The largest absolute Gasteiger partial charge is 0.383 e. The molecule has 24 heavy (non-hydrogen) atoms. The van der Waals surface area contributed by atoms with Crippen LogP contribution in [0.25, 0.3) is 0 Å². The Kier molecular flexibility index (Phi) is 8.47. The van der Waals surface area contributed by atoms with Crippen molar-refractivity contribution in [2.24, 2.45) is 0 Å². The molecule has 1 fully saturated rings. The van der Waals surface area contributed by atoms with E-state index in [1.165, 1.54) is 4.31 Å². The van der Waals surface area contributed by atoms with Gasteiger partial charge < -0.3 is 15.4 Å². The van der Waals surface area contributed by atoms with Crippen LogP contribution in [0.1, 0.15) is 16.8 Å². The number of amides is 1. The lowest BCUT2D eigenvalue weighted by molar-refractivity contribution is 0.0953. The zero-order valence-corrected chi connectivity index (χ0v) is 15.3. The zero-order chi connectivity index (χ0) is 16.7. The molecule has 0 aromatic heterocycles. The van der Waals surface area contributed by atoms with E-state index in [4.69, 9.17) is 4.74 Å². The van der Waals surface area contributed by atoms with Gasteiger partial charge in [0.2, 0.25) is 10.0 Å². The Morgan fingerprint density at radius 2 is 1.92 bits per heavy atom. The number of benzene rings is 1. The normalized spacial score (nSPS) is 15.8. The predicted molar refractivity (Wildman–Crippen MR) is 96.5 cm³/mol. The van der Waals surface area contributed by atoms with Crippen molar-refractivity contribution in [1.82, 2.24) is 10.6 Å². The smallest absolute Gasteiger partial charge is 0.251 e. The molecule has 0 radical (unpaired) electrons. The Bertz CT molecular complexity index is 622. The molecule has 2 rings (SSSR count). The van der Waals surface area contributed by atoms with Crippen LogP contribution in [-0.2, 0) is 14.8 Å². The number of anilines is 1. The number of carbonyl (C=O) groups excluding carboxylic acids is 1. The van der Waals surface area contributed by atoms with Crippen molar-refractivity contribution in [3.05, 3.63) is 29.8 Å². The number of ether oxygens (including phenoxy) is 1. The first kappa shape index (κ1) is 20.7. The minimum atomic E-state index is -3.18. The summed E-state index contributed by atoms with van der Waals surface area (Å²) in [5, 5.41) is 5.94. The van der Waals surface area contributed by atoms with Crippen LogP contribution in [0.3, 0.4) is 0 Å². The first-order chi connectivity index (χ1) is 11.0. The van der Waals surface area contributed by atoms with Gasteiger partial charge in [0.15, 0.2) is 0 Å². The van der Waals surface area contributed by atoms with Crippen LogP contribution in [0.2, 0.25) is 0 Å². The monoisotopic (exact) mass is 377 g/mol. The summed E-state index contributed by atoms with van der Waals surface area (Å²) in [6, 6.07) is 6.65. The maximum Gasteiger partial charge on any atom is 0.251 e. The molecule has 1 aromatic carbocycles. The molecule has 1 aliphatic heterocycles. The van der Waals surface area contributed by atoms with Gasteiger partial charge in [0.05, 0.1) is 18.0 Å². The Morgan fingerprint density at radius 1 is 1.21 bits per heavy atom. The number of sulfonamides is 1. The van der Waals surface area contributed by atoms with E-state index in [1.807, 2.05) is 0 Å². The molecule has 0 atom stereocenters. The fourth-order valence-electron chi connectivity index (χ4n) is 2.37. The standard InChI is InChI=1S/C15H23N3O4S.ClH/c1-22-11-9-16-7-8-17-15(19)13-3-5-14(6-4-13)18-10-2-12-23(18,20)21;/h3-6,16H,2,7-12H2,1H3,(H,17,19);1H. The van der Waals surface area contributed by atoms with Gasteiger partial charge in [-0.05, 0) is 30.7 Å². The fraction of sp³-hybridized carbons (Fsp3) is 0.533. The number of hydrogen-bond donors (Lipinski definition) is 2. The third-order valence-corrected chi connectivity index (χ3v) is 5.46. The van der Waals surface area contributed by atoms with E-state index in [0.717, 1.165) is 6.54 Å². The van der Waals surface area contributed by atoms with Gasteiger partial charge in [0, 0.05) is 38.9 Å². The highest BCUT2D eigenvalue weighted by Gasteiger charge is 2.28. The number of nitrogens with one attached hydrogen (secondary N) is 2. The number of carbonyl (C=O) groups is 1. The fourth-order valence-corrected chi connectivity index (χ4v) is 3.94. The SMILES string of the molecule is COCCNCCNC(=O)c1ccc(N2CCCS2(=O)=O)cc1.Cl. The van der Waals surface area contributed by atoms with E-state index in [2.05, 4.69) is 10.6 Å². The van der Waals surface area contributed by atoms with Gasteiger partial charge >= 0.3 is 0 Å². The Morgan fingerprint density at radius 3 is 2.50 bits per heavy atom. The van der Waals surface area contributed by atoms with Crippen LogP contribution in [-0.4, -0.2) is 60.0 Å². The molecule has 0 unspecified atom stereocenters. The summed E-state index contributed by atoms with van der Waals surface area (Å²) in [5.74, 6) is 0.0139. The molecule has 1 amide bonds. The van der Waals surface area contributed by atoms with Crippen LogP contribution < -0.4 is 14.9 Å². The number of nitrogens with zero attached hydrogens (tertiary/aromatic N) is 1. The first-order valence-electron chi connectivity index (χ1n) is 7.63. The lowest BCUT2D eigenvalue weighted by Crippen LogP contribution is -2.33. The van der Waals surface area contributed by atoms with Gasteiger partial charge in [0.1, 0.15) is 0 Å². The second kappa shape index (κ2) is 9.83. The second-order valence-corrected chi connectivity index (χ2v) is 7.30. The summed E-state index contributed by atoms with van der Waals surface area (Å²) < 4.78 is 30.0. The summed E-state index contributed by atoms with van der Waals surface area (Å²) in [6.45, 7) is 3.06. The predicted octanol–water partition coefficient (Wildman–Crippen LogP) is 0.614. The molecular weight excluding hydrogens is 354 g/mol. The topological polar surface area (TPSA) is 87.7 Å². The Labute approximate surface area is 149 Å². The molecule has 0 spiro atoms. The van der Waals surface area contributed by atoms with Gasteiger partial charge in [-0.2, -0.15) is 0 Å². The molecule has 0 saturated carbocycles. The average molecular weight is 378 g/mol. The van der Waals surface area contributed by atoms with Crippen molar-refractivity contribution < 1.29 is 17.9 Å². The third kappa shape index (κ3) is 5.62. The van der Waals surface area contributed by atoms with Gasteiger partial charge in [-0.3, -0.25) is 9.10 Å². The highest BCUT2D eigenvalue weighted by atomic mass is 35.5. The average Bonchev–Trinajstić information content (AvgIpc) is 2.90. The summed E-state index contributed by atoms with van der Waals surface area (Å²) >= 11 is 0. The summed E-state index contributed by atoms with van der Waals surface area (Å²) in [4.78, 5) is 12.0. The van der Waals surface area contributed by atoms with Crippen molar-refractivity contribution in [3.8, 4) is 0 Å². The van der Waals surface area contributed by atoms with Gasteiger partial charge in [-0.25, -0.2) is 8.42 Å². The van der Waals surface area contributed by atoms with Gasteiger partial charge in [-0.1, -0.05) is 0 Å². The maximum atomic E-state index is 12.0. The minimum absolute atomic E-state index is 0. The number of halogens is 1. The van der Waals surface area contributed by atoms with E-state index >= 15 is 0 Å². The Hall–Kier alpha value is -1.35. The molecule has 136 valence electrons. The zero-order valence-electron chi connectivity index (χ0n) is 13.7. The van der Waals surface area contributed by atoms with Gasteiger partial charge in [0.25, 0.3) is 5.91 Å². The highest BCUT2D eigenvalue weighted by molar-refractivity contribution is 7.93.